The van der Waals surface area contributed by atoms with Gasteiger partial charge in [0.15, 0.2) is 11.4 Å². The van der Waals surface area contributed by atoms with Gasteiger partial charge in [-0.2, -0.15) is 10.2 Å². The number of imidazole rings is 1. The van der Waals surface area contributed by atoms with Gasteiger partial charge in [0.1, 0.15) is 23.4 Å². The number of piperidine rings is 1. The highest BCUT2D eigenvalue weighted by molar-refractivity contribution is 5.69. The smallest absolute Gasteiger partial charge is 0.157 e. The zero-order valence-electron chi connectivity index (χ0n) is 17.3. The molecule has 0 spiro atoms. The summed E-state index contributed by atoms with van der Waals surface area (Å²) in [6.07, 6.45) is 4.93. The maximum Gasteiger partial charge on any atom is 0.157 e. The molecule has 1 saturated heterocycles. The number of halogens is 1. The van der Waals surface area contributed by atoms with Gasteiger partial charge in [-0.1, -0.05) is 6.07 Å². The summed E-state index contributed by atoms with van der Waals surface area (Å²) in [6.45, 7) is 1.27. The number of nitrogens with one attached hydrogen (secondary N) is 2. The Bertz CT molecular complexity index is 1220. The van der Waals surface area contributed by atoms with Crippen LogP contribution in [0, 0.1) is 0 Å². The van der Waals surface area contributed by atoms with Crippen molar-refractivity contribution < 1.29 is 9.13 Å². The van der Waals surface area contributed by atoms with Crippen molar-refractivity contribution >= 4 is 11.5 Å². The van der Waals surface area contributed by atoms with Gasteiger partial charge in [-0.3, -0.25) is 4.68 Å². The fraction of sp³-hybridized carbons (Fsp3) is 0.333. The van der Waals surface area contributed by atoms with Gasteiger partial charge in [0.25, 0.3) is 0 Å². The molecule has 1 fully saturated rings. The average molecular weight is 422 g/mol. The van der Waals surface area contributed by atoms with E-state index in [-0.39, 0.29) is 6.04 Å². The molecule has 1 aliphatic heterocycles. The fourth-order valence-corrected chi connectivity index (χ4v) is 3.79. The third-order valence-electron chi connectivity index (χ3n) is 5.40. The number of alkyl halides is 1. The van der Waals surface area contributed by atoms with Crippen LogP contribution >= 0.6 is 0 Å². The molecule has 9 nitrogen and oxygen atoms in total. The van der Waals surface area contributed by atoms with Crippen LogP contribution in [-0.2, 0) is 7.05 Å². The first-order chi connectivity index (χ1) is 15.1. The monoisotopic (exact) mass is 422 g/mol. The lowest BCUT2D eigenvalue weighted by Gasteiger charge is -2.28. The van der Waals surface area contributed by atoms with E-state index >= 15 is 0 Å². The van der Waals surface area contributed by atoms with Crippen molar-refractivity contribution in [3.63, 3.8) is 0 Å². The van der Waals surface area contributed by atoms with Gasteiger partial charge in [-0.15, -0.1) is 0 Å². The second-order valence-electron chi connectivity index (χ2n) is 7.55. The summed E-state index contributed by atoms with van der Waals surface area (Å²) in [7, 11) is 3.45. The first-order valence-electron chi connectivity index (χ1n) is 10.1. The Labute approximate surface area is 178 Å². The molecule has 31 heavy (non-hydrogen) atoms. The minimum atomic E-state index is -0.904. The van der Waals surface area contributed by atoms with E-state index in [1.54, 1.807) is 28.7 Å². The molecule has 160 valence electrons. The summed E-state index contributed by atoms with van der Waals surface area (Å²) in [5.74, 6) is 1.23. The highest BCUT2D eigenvalue weighted by Crippen LogP contribution is 2.30. The number of anilines is 1. The first kappa shape index (κ1) is 19.4. The number of aromatic nitrogens is 6. The molecule has 4 aromatic heterocycles. The molecule has 2 atom stereocenters. The topological polar surface area (TPSA) is 94.2 Å². The van der Waals surface area contributed by atoms with E-state index in [0.717, 1.165) is 11.3 Å². The van der Waals surface area contributed by atoms with Crippen LogP contribution in [-0.4, -0.2) is 61.8 Å². The molecule has 0 amide bonds. The standard InChI is InChI=1S/C21H23FN8O/c1-29-12-13(9-25-29)21-18(31-2)8-20-24-11-17(30(20)28-21)15-4-3-5-19(26-15)27-16-10-23-7-6-14(16)22/h3-5,8-9,11-12,14,16,23H,6-7,10H2,1-2H3,(H,26,27)/t14-,16-/m0/s1. The summed E-state index contributed by atoms with van der Waals surface area (Å²) in [6, 6.07) is 7.14. The normalized spacial score (nSPS) is 18.9. The Morgan fingerprint density at radius 3 is 2.97 bits per heavy atom. The average Bonchev–Trinajstić information content (AvgIpc) is 3.40. The minimum Gasteiger partial charge on any atom is -0.494 e. The second-order valence-corrected chi connectivity index (χ2v) is 7.55. The molecular weight excluding hydrogens is 399 g/mol. The van der Waals surface area contributed by atoms with Crippen molar-refractivity contribution in [1.29, 1.82) is 0 Å². The van der Waals surface area contributed by atoms with Crippen molar-refractivity contribution in [2.75, 3.05) is 25.5 Å². The third kappa shape index (κ3) is 3.70. The molecule has 0 unspecified atom stereocenters. The number of rotatable bonds is 5. The Balaban J connectivity index is 1.53. The van der Waals surface area contributed by atoms with Gasteiger partial charge in [0.2, 0.25) is 0 Å². The Morgan fingerprint density at radius 2 is 2.19 bits per heavy atom. The molecule has 0 aromatic carbocycles. The number of methoxy groups -OCH3 is 1. The van der Waals surface area contributed by atoms with Crippen LogP contribution in [0.4, 0.5) is 10.2 Å². The number of fused-ring (bicyclic) bond motifs is 1. The molecule has 5 heterocycles. The van der Waals surface area contributed by atoms with E-state index in [4.69, 9.17) is 9.84 Å². The van der Waals surface area contributed by atoms with E-state index < -0.39 is 6.17 Å². The van der Waals surface area contributed by atoms with Crippen LogP contribution in [0.5, 0.6) is 5.75 Å². The molecule has 0 saturated carbocycles. The lowest BCUT2D eigenvalue weighted by atomic mass is 10.1. The largest absolute Gasteiger partial charge is 0.494 e. The van der Waals surface area contributed by atoms with E-state index in [2.05, 4.69) is 25.7 Å². The summed E-state index contributed by atoms with van der Waals surface area (Å²) in [5.41, 5.74) is 3.55. The van der Waals surface area contributed by atoms with Crippen molar-refractivity contribution in [3.8, 4) is 28.4 Å². The van der Waals surface area contributed by atoms with Crippen LogP contribution in [0.25, 0.3) is 28.3 Å². The van der Waals surface area contributed by atoms with Gasteiger partial charge in [0, 0.05) is 31.4 Å². The molecule has 5 rings (SSSR count). The number of hydrogen-bond acceptors (Lipinski definition) is 7. The Morgan fingerprint density at radius 1 is 1.29 bits per heavy atom. The van der Waals surface area contributed by atoms with Crippen LogP contribution < -0.4 is 15.4 Å². The molecule has 10 heteroatoms. The Hall–Kier alpha value is -3.53. The van der Waals surface area contributed by atoms with E-state index in [1.165, 1.54) is 0 Å². The van der Waals surface area contributed by atoms with Gasteiger partial charge in [-0.25, -0.2) is 18.9 Å². The summed E-state index contributed by atoms with van der Waals surface area (Å²) in [5, 5.41) is 15.4. The number of hydrogen-bond donors (Lipinski definition) is 2. The third-order valence-corrected chi connectivity index (χ3v) is 5.40. The molecular formula is C21H23FN8O. The predicted octanol–water partition coefficient (Wildman–Crippen LogP) is 2.31. The van der Waals surface area contributed by atoms with Crippen molar-refractivity contribution in [1.82, 2.24) is 34.7 Å². The highest BCUT2D eigenvalue weighted by atomic mass is 19.1. The van der Waals surface area contributed by atoms with E-state index in [1.807, 2.05) is 37.5 Å². The second kappa shape index (κ2) is 7.95. The van der Waals surface area contributed by atoms with E-state index in [9.17, 15) is 4.39 Å². The van der Waals surface area contributed by atoms with E-state index in [0.29, 0.717) is 48.1 Å². The van der Waals surface area contributed by atoms with Gasteiger partial charge < -0.3 is 15.4 Å². The number of ether oxygens (including phenoxy) is 1. The molecule has 0 aliphatic carbocycles. The van der Waals surface area contributed by atoms with Gasteiger partial charge in [0.05, 0.1) is 31.2 Å². The van der Waals surface area contributed by atoms with Crippen LogP contribution in [0.3, 0.4) is 0 Å². The summed E-state index contributed by atoms with van der Waals surface area (Å²) >= 11 is 0. The summed E-state index contributed by atoms with van der Waals surface area (Å²) in [4.78, 5) is 9.16. The molecule has 0 bridgehead atoms. The summed E-state index contributed by atoms with van der Waals surface area (Å²) < 4.78 is 23.2. The molecule has 2 N–H and O–H groups in total. The SMILES string of the molecule is COc1cc2ncc(-c3cccc(N[C@H]4CNCC[C@@H]4F)n3)n2nc1-c1cnn(C)c1. The molecule has 0 radical (unpaired) electrons. The zero-order valence-corrected chi connectivity index (χ0v) is 17.3. The fourth-order valence-electron chi connectivity index (χ4n) is 3.79. The number of pyridine rings is 1. The maximum atomic E-state index is 14.2. The molecule has 1 aliphatic rings. The number of aryl methyl sites for hydroxylation is 1. The number of nitrogens with zero attached hydrogens (tertiary/aromatic N) is 6. The zero-order chi connectivity index (χ0) is 21.4. The van der Waals surface area contributed by atoms with Gasteiger partial charge >= 0.3 is 0 Å². The highest BCUT2D eigenvalue weighted by Gasteiger charge is 2.24. The minimum absolute atomic E-state index is 0.307. The quantitative estimate of drug-likeness (QED) is 0.510. The van der Waals surface area contributed by atoms with Crippen LogP contribution in [0.1, 0.15) is 6.42 Å². The lowest BCUT2D eigenvalue weighted by Crippen LogP contribution is -2.46. The maximum absolute atomic E-state index is 14.2. The lowest BCUT2D eigenvalue weighted by molar-refractivity contribution is 0.241. The molecule has 4 aromatic rings. The van der Waals surface area contributed by atoms with Crippen molar-refractivity contribution in [2.24, 2.45) is 7.05 Å². The van der Waals surface area contributed by atoms with Crippen molar-refractivity contribution in [3.05, 3.63) is 42.9 Å². The van der Waals surface area contributed by atoms with Gasteiger partial charge in [-0.05, 0) is 25.1 Å². The van der Waals surface area contributed by atoms with Crippen LogP contribution in [0.2, 0.25) is 0 Å². The Kier molecular flexibility index (Phi) is 4.99. The van der Waals surface area contributed by atoms with Crippen LogP contribution in [0.15, 0.2) is 42.9 Å². The first-order valence-corrected chi connectivity index (χ1v) is 10.1. The van der Waals surface area contributed by atoms with Crippen molar-refractivity contribution in [2.45, 2.75) is 18.6 Å². The predicted molar refractivity (Wildman–Crippen MR) is 115 cm³/mol.